The lowest BCUT2D eigenvalue weighted by Gasteiger charge is -2.11. The summed E-state index contributed by atoms with van der Waals surface area (Å²) < 4.78 is 13.8. The molecular formula is C18H13FIN3O3. The molecule has 1 aliphatic heterocycles. The fourth-order valence-electron chi connectivity index (χ4n) is 2.34. The van der Waals surface area contributed by atoms with E-state index >= 15 is 0 Å². The summed E-state index contributed by atoms with van der Waals surface area (Å²) in [6, 6.07) is 11.9. The highest BCUT2D eigenvalue weighted by molar-refractivity contribution is 14.1. The maximum atomic E-state index is 12.9. The normalized spacial score (nSPS) is 15.3. The molecule has 1 fully saturated rings. The molecule has 0 bridgehead atoms. The van der Waals surface area contributed by atoms with Gasteiger partial charge in [-0.15, -0.1) is 0 Å². The van der Waals surface area contributed by atoms with Crippen LogP contribution in [0, 0.1) is 9.39 Å². The van der Waals surface area contributed by atoms with E-state index in [1.807, 2.05) is 24.3 Å². The number of benzene rings is 2. The minimum atomic E-state index is -0.665. The van der Waals surface area contributed by atoms with Crippen molar-refractivity contribution < 1.29 is 18.8 Å². The minimum Gasteiger partial charge on any atom is -0.325 e. The van der Waals surface area contributed by atoms with Gasteiger partial charge in [0.2, 0.25) is 5.91 Å². The van der Waals surface area contributed by atoms with Gasteiger partial charge in [0, 0.05) is 9.26 Å². The number of halogens is 2. The van der Waals surface area contributed by atoms with E-state index in [2.05, 4.69) is 33.2 Å². The first-order chi connectivity index (χ1) is 12.4. The molecule has 4 amide bonds. The van der Waals surface area contributed by atoms with Crippen LogP contribution >= 0.6 is 22.6 Å². The van der Waals surface area contributed by atoms with Crippen LogP contribution in [0.4, 0.5) is 14.9 Å². The van der Waals surface area contributed by atoms with Gasteiger partial charge in [0.15, 0.2) is 0 Å². The second kappa shape index (κ2) is 7.65. The predicted octanol–water partition coefficient (Wildman–Crippen LogP) is 2.96. The molecule has 0 atom stereocenters. The van der Waals surface area contributed by atoms with Crippen molar-refractivity contribution in [3.05, 3.63) is 69.2 Å². The Hall–Kier alpha value is -2.75. The molecule has 0 aliphatic carbocycles. The van der Waals surface area contributed by atoms with Crippen LogP contribution in [0.15, 0.2) is 54.2 Å². The van der Waals surface area contributed by atoms with Crippen molar-refractivity contribution in [2.45, 2.75) is 0 Å². The summed E-state index contributed by atoms with van der Waals surface area (Å²) in [5.74, 6) is -1.57. The summed E-state index contributed by atoms with van der Waals surface area (Å²) in [7, 11) is 0. The number of hydrogen-bond donors (Lipinski definition) is 2. The summed E-state index contributed by atoms with van der Waals surface area (Å²) in [5.41, 5.74) is 1.26. The smallest absolute Gasteiger partial charge is 0.325 e. The molecular weight excluding hydrogens is 452 g/mol. The van der Waals surface area contributed by atoms with Crippen LogP contribution in [0.3, 0.4) is 0 Å². The maximum absolute atomic E-state index is 12.9. The Labute approximate surface area is 162 Å². The van der Waals surface area contributed by atoms with Gasteiger partial charge in [-0.05, 0) is 64.6 Å². The van der Waals surface area contributed by atoms with Crippen molar-refractivity contribution in [1.82, 2.24) is 10.2 Å². The Balaban J connectivity index is 1.70. The topological polar surface area (TPSA) is 78.5 Å². The molecule has 26 heavy (non-hydrogen) atoms. The largest absolute Gasteiger partial charge is 0.329 e. The molecule has 8 heteroatoms. The number of carbonyl (C=O) groups is 3. The maximum Gasteiger partial charge on any atom is 0.329 e. The summed E-state index contributed by atoms with van der Waals surface area (Å²) in [5, 5.41) is 4.98. The molecule has 0 saturated carbocycles. The van der Waals surface area contributed by atoms with Crippen LogP contribution in [0.1, 0.15) is 5.56 Å². The minimum absolute atomic E-state index is 0.105. The van der Waals surface area contributed by atoms with Gasteiger partial charge in [0.05, 0.1) is 0 Å². The average molecular weight is 465 g/mol. The zero-order valence-electron chi connectivity index (χ0n) is 13.3. The lowest BCUT2D eigenvalue weighted by atomic mass is 10.2. The lowest BCUT2D eigenvalue weighted by Crippen LogP contribution is -2.38. The third kappa shape index (κ3) is 4.07. The first-order valence-electron chi connectivity index (χ1n) is 7.58. The number of imide groups is 1. The zero-order chi connectivity index (χ0) is 18.7. The Bertz CT molecular complexity index is 912. The third-order valence-corrected chi connectivity index (χ3v) is 4.58. The van der Waals surface area contributed by atoms with E-state index in [0.29, 0.717) is 5.69 Å². The Morgan fingerprint density at radius 2 is 1.85 bits per heavy atom. The van der Waals surface area contributed by atoms with Crippen molar-refractivity contribution in [3.8, 4) is 0 Å². The van der Waals surface area contributed by atoms with E-state index in [-0.39, 0.29) is 5.70 Å². The molecule has 1 heterocycles. The lowest BCUT2D eigenvalue weighted by molar-refractivity contribution is -0.127. The van der Waals surface area contributed by atoms with Crippen molar-refractivity contribution >= 4 is 52.2 Å². The molecule has 2 aromatic rings. The van der Waals surface area contributed by atoms with Gasteiger partial charge in [0.25, 0.3) is 5.91 Å². The van der Waals surface area contributed by atoms with E-state index in [4.69, 9.17) is 0 Å². The molecule has 3 rings (SSSR count). The number of amides is 4. The molecule has 6 nitrogen and oxygen atoms in total. The quantitative estimate of drug-likeness (QED) is 0.414. The predicted molar refractivity (Wildman–Crippen MR) is 102 cm³/mol. The molecule has 1 saturated heterocycles. The summed E-state index contributed by atoms with van der Waals surface area (Å²) in [6.45, 7) is -0.439. The molecule has 2 N–H and O–H groups in total. The molecule has 0 radical (unpaired) electrons. The molecule has 132 valence electrons. The molecule has 0 aromatic heterocycles. The van der Waals surface area contributed by atoms with Gasteiger partial charge in [-0.3, -0.25) is 9.59 Å². The highest BCUT2D eigenvalue weighted by atomic mass is 127. The first-order valence-corrected chi connectivity index (χ1v) is 8.66. The zero-order valence-corrected chi connectivity index (χ0v) is 15.5. The van der Waals surface area contributed by atoms with E-state index in [1.54, 1.807) is 6.08 Å². The highest BCUT2D eigenvalue weighted by Gasteiger charge is 2.35. The van der Waals surface area contributed by atoms with Crippen LogP contribution in [0.5, 0.6) is 0 Å². The third-order valence-electron chi connectivity index (χ3n) is 3.60. The summed E-state index contributed by atoms with van der Waals surface area (Å²) in [6.07, 6.45) is 1.57. The van der Waals surface area contributed by atoms with Crippen LogP contribution in [0.2, 0.25) is 0 Å². The van der Waals surface area contributed by atoms with Gasteiger partial charge in [-0.1, -0.05) is 18.2 Å². The van der Waals surface area contributed by atoms with E-state index in [0.717, 1.165) is 14.0 Å². The first kappa shape index (κ1) is 18.1. The number of anilines is 1. The van der Waals surface area contributed by atoms with Gasteiger partial charge in [-0.2, -0.15) is 0 Å². The van der Waals surface area contributed by atoms with Crippen LogP contribution < -0.4 is 10.6 Å². The average Bonchev–Trinajstić information content (AvgIpc) is 2.86. The van der Waals surface area contributed by atoms with Crippen LogP contribution in [-0.2, 0) is 9.59 Å². The van der Waals surface area contributed by atoms with Crippen LogP contribution in [0.25, 0.3) is 6.08 Å². The van der Waals surface area contributed by atoms with Gasteiger partial charge >= 0.3 is 6.03 Å². The monoisotopic (exact) mass is 465 g/mol. The number of rotatable bonds is 4. The van der Waals surface area contributed by atoms with Gasteiger partial charge in [-0.25, -0.2) is 14.1 Å². The van der Waals surface area contributed by atoms with E-state index in [9.17, 15) is 18.8 Å². The molecule has 0 unspecified atom stereocenters. The number of urea groups is 1. The summed E-state index contributed by atoms with van der Waals surface area (Å²) >= 11 is 2.13. The van der Waals surface area contributed by atoms with Gasteiger partial charge in [0.1, 0.15) is 18.1 Å². The molecule has 1 aliphatic rings. The van der Waals surface area contributed by atoms with Crippen molar-refractivity contribution in [3.63, 3.8) is 0 Å². The van der Waals surface area contributed by atoms with Gasteiger partial charge < -0.3 is 10.6 Å². The Kier molecular flexibility index (Phi) is 5.31. The van der Waals surface area contributed by atoms with Crippen LogP contribution in [-0.4, -0.2) is 29.3 Å². The van der Waals surface area contributed by atoms with Crippen molar-refractivity contribution in [2.75, 3.05) is 11.9 Å². The number of nitrogens with one attached hydrogen (secondary N) is 2. The molecule has 0 spiro atoms. The van der Waals surface area contributed by atoms with E-state index in [1.165, 1.54) is 24.3 Å². The fraction of sp³-hybridized carbons (Fsp3) is 0.0556. The Morgan fingerprint density at radius 3 is 2.54 bits per heavy atom. The highest BCUT2D eigenvalue weighted by Crippen LogP contribution is 2.18. The SMILES string of the molecule is O=C(CN1C(=O)NC(=Cc2ccccc2I)C1=O)Nc1ccc(F)cc1. The Morgan fingerprint density at radius 1 is 1.15 bits per heavy atom. The fourth-order valence-corrected chi connectivity index (χ4v) is 2.88. The number of nitrogens with zero attached hydrogens (tertiary/aromatic N) is 1. The summed E-state index contributed by atoms with van der Waals surface area (Å²) in [4.78, 5) is 37.3. The van der Waals surface area contributed by atoms with E-state index < -0.39 is 30.2 Å². The number of hydrogen-bond acceptors (Lipinski definition) is 3. The second-order valence-electron chi connectivity index (χ2n) is 5.46. The van der Waals surface area contributed by atoms with Crippen molar-refractivity contribution in [2.24, 2.45) is 0 Å². The standard InChI is InChI=1S/C18H13FIN3O3/c19-12-5-7-13(8-6-12)21-16(24)10-23-17(25)15(22-18(23)26)9-11-3-1-2-4-14(11)20/h1-9H,10H2,(H,21,24)(H,22,26). The number of carbonyl (C=O) groups excluding carboxylic acids is 3. The molecule has 2 aromatic carbocycles. The van der Waals surface area contributed by atoms with Crippen molar-refractivity contribution in [1.29, 1.82) is 0 Å². The second-order valence-corrected chi connectivity index (χ2v) is 6.62.